The molecule has 0 aliphatic carbocycles. The molecule has 0 saturated carbocycles. The molecule has 0 amide bonds. The molecule has 0 aromatic carbocycles. The van der Waals surface area contributed by atoms with Gasteiger partial charge in [-0.25, -0.2) is 4.52 Å². The maximum absolute atomic E-state index is 6.35. The molecule has 0 aliphatic rings. The van der Waals surface area contributed by atoms with E-state index in [1.807, 2.05) is 46.0 Å². The molecule has 0 saturated heterocycles. The summed E-state index contributed by atoms with van der Waals surface area (Å²) in [6, 6.07) is 8.39. The fraction of sp³-hybridized carbons (Fsp3) is 0.375. The van der Waals surface area contributed by atoms with Crippen LogP contribution >= 0.6 is 0 Å². The number of nitrogens with two attached hydrogens (primary N) is 1. The van der Waals surface area contributed by atoms with Crippen molar-refractivity contribution in [3.05, 3.63) is 54.1 Å². The molecule has 0 aliphatic heterocycles. The lowest BCUT2D eigenvalue weighted by Gasteiger charge is -2.10. The highest BCUT2D eigenvalue weighted by Gasteiger charge is 2.14. The third kappa shape index (κ3) is 2.69. The second-order valence-electron chi connectivity index (χ2n) is 5.49. The van der Waals surface area contributed by atoms with E-state index in [0.29, 0.717) is 6.04 Å². The molecule has 0 radical (unpaired) electrons. The molecule has 0 fully saturated rings. The zero-order valence-corrected chi connectivity index (χ0v) is 12.5. The number of fused-ring (bicyclic) bond motifs is 1. The topological polar surface area (TPSA) is 61.1 Å². The Hall–Kier alpha value is -2.14. The number of aromatic nitrogens is 4. The molecule has 110 valence electrons. The molecule has 0 bridgehead atoms. The van der Waals surface area contributed by atoms with Crippen molar-refractivity contribution in [1.29, 1.82) is 0 Å². The molecule has 5 heteroatoms. The summed E-state index contributed by atoms with van der Waals surface area (Å²) < 4.78 is 3.87. The average molecular weight is 283 g/mol. The number of hydrogen-bond acceptors (Lipinski definition) is 3. The predicted octanol–water partition coefficient (Wildman–Crippen LogP) is 2.74. The van der Waals surface area contributed by atoms with Crippen LogP contribution in [0.2, 0.25) is 0 Å². The summed E-state index contributed by atoms with van der Waals surface area (Å²) in [5.74, 6) is 0. The zero-order chi connectivity index (χ0) is 14.8. The van der Waals surface area contributed by atoms with Gasteiger partial charge < -0.3 is 5.73 Å². The molecule has 2 unspecified atom stereocenters. The Balaban J connectivity index is 1.80. The van der Waals surface area contributed by atoms with Crippen LogP contribution in [0, 0.1) is 0 Å². The van der Waals surface area contributed by atoms with Crippen LogP contribution in [0.1, 0.15) is 43.6 Å². The van der Waals surface area contributed by atoms with E-state index in [1.165, 1.54) is 0 Å². The van der Waals surface area contributed by atoms with Gasteiger partial charge in [0.05, 0.1) is 17.4 Å². The van der Waals surface area contributed by atoms with Gasteiger partial charge in [0.15, 0.2) is 0 Å². The molecule has 21 heavy (non-hydrogen) atoms. The van der Waals surface area contributed by atoms with Crippen LogP contribution in [0.25, 0.3) is 5.52 Å². The quantitative estimate of drug-likeness (QED) is 0.783. The van der Waals surface area contributed by atoms with E-state index < -0.39 is 0 Å². The highest BCUT2D eigenvalue weighted by Crippen LogP contribution is 2.20. The number of rotatable bonds is 5. The van der Waals surface area contributed by atoms with Gasteiger partial charge >= 0.3 is 0 Å². The van der Waals surface area contributed by atoms with Crippen molar-refractivity contribution in [3.8, 4) is 0 Å². The van der Waals surface area contributed by atoms with Gasteiger partial charge in [0.25, 0.3) is 0 Å². The molecule has 3 rings (SSSR count). The van der Waals surface area contributed by atoms with Crippen molar-refractivity contribution in [3.63, 3.8) is 0 Å². The highest BCUT2D eigenvalue weighted by molar-refractivity contribution is 5.54. The molecule has 3 heterocycles. The van der Waals surface area contributed by atoms with E-state index in [4.69, 9.17) is 5.73 Å². The minimum atomic E-state index is -0.0924. The summed E-state index contributed by atoms with van der Waals surface area (Å²) in [5.41, 5.74) is 9.50. The van der Waals surface area contributed by atoms with Gasteiger partial charge in [-0.1, -0.05) is 13.0 Å². The van der Waals surface area contributed by atoms with Crippen LogP contribution in [-0.2, 0) is 6.42 Å². The lowest BCUT2D eigenvalue weighted by Crippen LogP contribution is -2.14. The summed E-state index contributed by atoms with van der Waals surface area (Å²) in [5, 5.41) is 8.96. The number of hydrogen-bond donors (Lipinski definition) is 1. The minimum Gasteiger partial charge on any atom is -0.324 e. The second kappa shape index (κ2) is 5.69. The van der Waals surface area contributed by atoms with Gasteiger partial charge in [-0.15, -0.1) is 0 Å². The van der Waals surface area contributed by atoms with Gasteiger partial charge in [-0.05, 0) is 31.5 Å². The molecule has 0 spiro atoms. The molecule has 3 aromatic rings. The minimum absolute atomic E-state index is 0.0924. The maximum atomic E-state index is 6.35. The van der Waals surface area contributed by atoms with Gasteiger partial charge in [0.1, 0.15) is 0 Å². The first-order valence-electron chi connectivity index (χ1n) is 7.41. The Labute approximate surface area is 124 Å². The normalized spacial score (nSPS) is 14.4. The summed E-state index contributed by atoms with van der Waals surface area (Å²) in [6.45, 7) is 4.33. The fourth-order valence-electron chi connectivity index (χ4n) is 2.49. The summed E-state index contributed by atoms with van der Waals surface area (Å²) >= 11 is 0. The first-order chi connectivity index (χ1) is 10.2. The smallest absolute Gasteiger partial charge is 0.0709 e. The lowest BCUT2D eigenvalue weighted by atomic mass is 10.0. The van der Waals surface area contributed by atoms with Crippen molar-refractivity contribution in [1.82, 2.24) is 19.4 Å². The average Bonchev–Trinajstić information content (AvgIpc) is 3.12. The highest BCUT2D eigenvalue weighted by atomic mass is 15.3. The Bertz CT molecular complexity index is 727. The van der Waals surface area contributed by atoms with E-state index in [2.05, 4.69) is 30.1 Å². The lowest BCUT2D eigenvalue weighted by molar-refractivity contribution is 0.472. The number of nitrogens with zero attached hydrogens (tertiary/aromatic N) is 4. The SMILES string of the molecule is CCC(C)n1ccc(CC(N)c2cnn3ccccc23)n1. The van der Waals surface area contributed by atoms with Crippen molar-refractivity contribution >= 4 is 5.52 Å². The summed E-state index contributed by atoms with van der Waals surface area (Å²) in [4.78, 5) is 0. The standard InChI is InChI=1S/C16H21N5/c1-3-12(2)20-9-7-13(19-20)10-15(17)14-11-18-21-8-5-4-6-16(14)21/h4-9,11-12,15H,3,10,17H2,1-2H3. The van der Waals surface area contributed by atoms with Crippen LogP contribution in [0.4, 0.5) is 0 Å². The second-order valence-corrected chi connectivity index (χ2v) is 5.49. The third-order valence-corrected chi connectivity index (χ3v) is 3.99. The molecular weight excluding hydrogens is 262 g/mol. The van der Waals surface area contributed by atoms with Crippen molar-refractivity contribution in [2.75, 3.05) is 0 Å². The Morgan fingerprint density at radius 3 is 2.90 bits per heavy atom. The predicted molar refractivity (Wildman–Crippen MR) is 83.1 cm³/mol. The molecule has 2 N–H and O–H groups in total. The van der Waals surface area contributed by atoms with E-state index in [0.717, 1.165) is 29.6 Å². The van der Waals surface area contributed by atoms with Crippen LogP contribution in [0.15, 0.2) is 42.9 Å². The van der Waals surface area contributed by atoms with Gasteiger partial charge in [-0.2, -0.15) is 10.2 Å². The Morgan fingerprint density at radius 2 is 2.10 bits per heavy atom. The Morgan fingerprint density at radius 1 is 1.24 bits per heavy atom. The first kappa shape index (κ1) is 13.8. The van der Waals surface area contributed by atoms with Crippen LogP contribution in [0.5, 0.6) is 0 Å². The maximum Gasteiger partial charge on any atom is 0.0709 e. The first-order valence-corrected chi connectivity index (χ1v) is 7.41. The Kier molecular flexibility index (Phi) is 3.75. The monoisotopic (exact) mass is 283 g/mol. The van der Waals surface area contributed by atoms with Crippen LogP contribution in [0.3, 0.4) is 0 Å². The molecule has 2 atom stereocenters. The van der Waals surface area contributed by atoms with Crippen molar-refractivity contribution < 1.29 is 0 Å². The summed E-state index contributed by atoms with van der Waals surface area (Å²) in [7, 11) is 0. The number of pyridine rings is 1. The summed E-state index contributed by atoms with van der Waals surface area (Å²) in [6.07, 6.45) is 7.61. The van der Waals surface area contributed by atoms with Gasteiger partial charge in [0.2, 0.25) is 0 Å². The van der Waals surface area contributed by atoms with Crippen molar-refractivity contribution in [2.24, 2.45) is 5.73 Å². The van der Waals surface area contributed by atoms with Crippen LogP contribution < -0.4 is 5.73 Å². The fourth-order valence-corrected chi connectivity index (χ4v) is 2.49. The van der Waals surface area contributed by atoms with E-state index in [9.17, 15) is 0 Å². The van der Waals surface area contributed by atoms with E-state index in [-0.39, 0.29) is 6.04 Å². The molecule has 5 nitrogen and oxygen atoms in total. The van der Waals surface area contributed by atoms with Crippen molar-refractivity contribution in [2.45, 2.75) is 38.8 Å². The largest absolute Gasteiger partial charge is 0.324 e. The molecule has 3 aromatic heterocycles. The van der Waals surface area contributed by atoms with Gasteiger partial charge in [0, 0.05) is 36.5 Å². The molecular formula is C16H21N5. The van der Waals surface area contributed by atoms with E-state index in [1.54, 1.807) is 0 Å². The third-order valence-electron chi connectivity index (χ3n) is 3.99. The van der Waals surface area contributed by atoms with Crippen LogP contribution in [-0.4, -0.2) is 19.4 Å². The van der Waals surface area contributed by atoms with Gasteiger partial charge in [-0.3, -0.25) is 4.68 Å². The zero-order valence-electron chi connectivity index (χ0n) is 12.5. The van der Waals surface area contributed by atoms with E-state index >= 15 is 0 Å².